The minimum atomic E-state index is -0.0273. The molecule has 98 valence electrons. The highest BCUT2D eigenvalue weighted by Crippen LogP contribution is 2.26. The molecular formula is C14H22N4. The lowest BCUT2D eigenvalue weighted by Gasteiger charge is -2.17. The van der Waals surface area contributed by atoms with Crippen molar-refractivity contribution in [3.8, 4) is 0 Å². The SMILES string of the molecule is CCc1c(/C=N/N=C(N)N)ccc(C)c1C(C)C. The van der Waals surface area contributed by atoms with Gasteiger partial charge in [0.15, 0.2) is 0 Å². The van der Waals surface area contributed by atoms with Crippen LogP contribution in [0, 0.1) is 6.92 Å². The number of nitrogens with two attached hydrogens (primary N) is 2. The summed E-state index contributed by atoms with van der Waals surface area (Å²) in [6, 6.07) is 4.18. The first-order valence-electron chi connectivity index (χ1n) is 6.21. The number of rotatable bonds is 4. The second-order valence-electron chi connectivity index (χ2n) is 4.64. The molecule has 4 N–H and O–H groups in total. The van der Waals surface area contributed by atoms with Gasteiger partial charge < -0.3 is 11.5 Å². The fraction of sp³-hybridized carbons (Fsp3) is 0.429. The molecule has 4 heteroatoms. The molecule has 0 aliphatic carbocycles. The molecule has 18 heavy (non-hydrogen) atoms. The van der Waals surface area contributed by atoms with Gasteiger partial charge in [-0.1, -0.05) is 32.9 Å². The third-order valence-corrected chi connectivity index (χ3v) is 2.91. The van der Waals surface area contributed by atoms with Crippen molar-refractivity contribution >= 4 is 12.2 Å². The third-order valence-electron chi connectivity index (χ3n) is 2.91. The van der Waals surface area contributed by atoms with Gasteiger partial charge in [-0.25, -0.2) is 0 Å². The standard InChI is InChI=1S/C14H22N4/c1-5-12-11(8-17-18-14(15)16)7-6-10(4)13(12)9(2)3/h6-9H,5H2,1-4H3,(H4,15,16,18)/b17-8+. The van der Waals surface area contributed by atoms with Gasteiger partial charge in [0.05, 0.1) is 6.21 Å². The summed E-state index contributed by atoms with van der Waals surface area (Å²) >= 11 is 0. The van der Waals surface area contributed by atoms with Crippen LogP contribution in [0.2, 0.25) is 0 Å². The molecule has 0 fully saturated rings. The van der Waals surface area contributed by atoms with Gasteiger partial charge in [0.25, 0.3) is 0 Å². The van der Waals surface area contributed by atoms with E-state index in [1.807, 2.05) is 0 Å². The molecule has 4 nitrogen and oxygen atoms in total. The maximum absolute atomic E-state index is 5.24. The summed E-state index contributed by atoms with van der Waals surface area (Å²) < 4.78 is 0. The van der Waals surface area contributed by atoms with Crippen LogP contribution in [0.1, 0.15) is 48.9 Å². The quantitative estimate of drug-likeness (QED) is 0.486. The van der Waals surface area contributed by atoms with E-state index in [2.05, 4.69) is 50.0 Å². The van der Waals surface area contributed by atoms with Crippen LogP contribution >= 0.6 is 0 Å². The van der Waals surface area contributed by atoms with E-state index >= 15 is 0 Å². The van der Waals surface area contributed by atoms with E-state index < -0.39 is 0 Å². The topological polar surface area (TPSA) is 76.8 Å². The van der Waals surface area contributed by atoms with Crippen molar-refractivity contribution in [3.05, 3.63) is 34.4 Å². The second-order valence-corrected chi connectivity index (χ2v) is 4.64. The van der Waals surface area contributed by atoms with E-state index in [0.29, 0.717) is 5.92 Å². The van der Waals surface area contributed by atoms with Gasteiger partial charge in [0, 0.05) is 0 Å². The van der Waals surface area contributed by atoms with Gasteiger partial charge in [-0.05, 0) is 41.5 Å². The Bertz CT molecular complexity index is 469. The van der Waals surface area contributed by atoms with Gasteiger partial charge >= 0.3 is 0 Å². The zero-order chi connectivity index (χ0) is 13.7. The van der Waals surface area contributed by atoms with Crippen molar-refractivity contribution in [3.63, 3.8) is 0 Å². The van der Waals surface area contributed by atoms with Crippen LogP contribution in [0.15, 0.2) is 22.3 Å². The highest BCUT2D eigenvalue weighted by molar-refractivity contribution is 5.84. The molecule has 0 aromatic heterocycles. The molecule has 0 saturated heterocycles. The number of benzene rings is 1. The molecule has 0 radical (unpaired) electrons. The number of guanidine groups is 1. The molecule has 0 aliphatic rings. The smallest absolute Gasteiger partial charge is 0.211 e. The molecule has 0 atom stereocenters. The van der Waals surface area contributed by atoms with Crippen molar-refractivity contribution in [2.24, 2.45) is 21.7 Å². The number of hydrogen-bond donors (Lipinski definition) is 2. The van der Waals surface area contributed by atoms with Gasteiger partial charge in [0.1, 0.15) is 0 Å². The van der Waals surface area contributed by atoms with Crippen molar-refractivity contribution in [1.82, 2.24) is 0 Å². The monoisotopic (exact) mass is 246 g/mol. The van der Waals surface area contributed by atoms with Gasteiger partial charge in [-0.15, -0.1) is 5.10 Å². The lowest BCUT2D eigenvalue weighted by atomic mass is 9.88. The predicted octanol–water partition coefficient (Wildman–Crippen LogP) is 2.29. The zero-order valence-electron chi connectivity index (χ0n) is 11.6. The largest absolute Gasteiger partial charge is 0.369 e. The fourth-order valence-corrected chi connectivity index (χ4v) is 2.28. The summed E-state index contributed by atoms with van der Waals surface area (Å²) in [4.78, 5) is 0. The Hall–Kier alpha value is -1.84. The maximum atomic E-state index is 5.24. The summed E-state index contributed by atoms with van der Waals surface area (Å²) in [7, 11) is 0. The number of nitrogens with zero attached hydrogens (tertiary/aromatic N) is 2. The Kier molecular flexibility index (Phi) is 4.89. The average Bonchev–Trinajstić information content (AvgIpc) is 2.29. The maximum Gasteiger partial charge on any atom is 0.211 e. The molecular weight excluding hydrogens is 224 g/mol. The minimum absolute atomic E-state index is 0.0273. The fourth-order valence-electron chi connectivity index (χ4n) is 2.28. The highest BCUT2D eigenvalue weighted by atomic mass is 15.3. The van der Waals surface area contributed by atoms with E-state index in [-0.39, 0.29) is 5.96 Å². The predicted molar refractivity (Wildman–Crippen MR) is 78.0 cm³/mol. The molecule has 1 aromatic carbocycles. The summed E-state index contributed by atoms with van der Waals surface area (Å²) in [6.45, 7) is 8.71. The van der Waals surface area contributed by atoms with Crippen LogP contribution in [0.4, 0.5) is 0 Å². The molecule has 0 amide bonds. The van der Waals surface area contributed by atoms with Crippen LogP contribution in [0.3, 0.4) is 0 Å². The highest BCUT2D eigenvalue weighted by Gasteiger charge is 2.11. The Morgan fingerprint density at radius 3 is 2.50 bits per heavy atom. The van der Waals surface area contributed by atoms with Crippen molar-refractivity contribution in [1.29, 1.82) is 0 Å². The molecule has 0 spiro atoms. The van der Waals surface area contributed by atoms with E-state index in [1.165, 1.54) is 16.7 Å². The van der Waals surface area contributed by atoms with Crippen LogP contribution in [-0.2, 0) is 6.42 Å². The first-order chi connectivity index (χ1) is 8.47. The van der Waals surface area contributed by atoms with Crippen LogP contribution in [0.5, 0.6) is 0 Å². The van der Waals surface area contributed by atoms with Crippen LogP contribution < -0.4 is 11.5 Å². The molecule has 0 saturated carbocycles. The normalized spacial score (nSPS) is 11.2. The Balaban J connectivity index is 3.25. The third kappa shape index (κ3) is 3.32. The van der Waals surface area contributed by atoms with E-state index in [4.69, 9.17) is 11.5 Å². The first-order valence-corrected chi connectivity index (χ1v) is 6.21. The molecule has 0 bridgehead atoms. The van der Waals surface area contributed by atoms with Crippen molar-refractivity contribution in [2.75, 3.05) is 0 Å². The second kappa shape index (κ2) is 6.19. The lowest BCUT2D eigenvalue weighted by molar-refractivity contribution is 0.833. The summed E-state index contributed by atoms with van der Waals surface area (Å²) in [5, 5.41) is 7.53. The van der Waals surface area contributed by atoms with E-state index in [1.54, 1.807) is 6.21 Å². The average molecular weight is 246 g/mol. The lowest BCUT2D eigenvalue weighted by Crippen LogP contribution is -2.21. The van der Waals surface area contributed by atoms with Gasteiger partial charge in [-0.3, -0.25) is 0 Å². The van der Waals surface area contributed by atoms with Crippen LogP contribution in [-0.4, -0.2) is 12.2 Å². The Morgan fingerprint density at radius 1 is 1.33 bits per heavy atom. The molecule has 1 aromatic rings. The molecule has 0 unspecified atom stereocenters. The van der Waals surface area contributed by atoms with Gasteiger partial charge in [-0.2, -0.15) is 5.10 Å². The number of aryl methyl sites for hydroxylation is 1. The Morgan fingerprint density at radius 2 is 2.00 bits per heavy atom. The van der Waals surface area contributed by atoms with E-state index in [9.17, 15) is 0 Å². The minimum Gasteiger partial charge on any atom is -0.369 e. The van der Waals surface area contributed by atoms with Gasteiger partial charge in [0.2, 0.25) is 5.96 Å². The molecule has 0 heterocycles. The molecule has 0 aliphatic heterocycles. The molecule has 1 rings (SSSR count). The van der Waals surface area contributed by atoms with Crippen molar-refractivity contribution in [2.45, 2.75) is 40.0 Å². The summed E-state index contributed by atoms with van der Waals surface area (Å²) in [5.74, 6) is 0.469. The van der Waals surface area contributed by atoms with Crippen LogP contribution in [0.25, 0.3) is 0 Å². The van der Waals surface area contributed by atoms with Crippen molar-refractivity contribution < 1.29 is 0 Å². The number of hydrogen-bond acceptors (Lipinski definition) is 2. The summed E-state index contributed by atoms with van der Waals surface area (Å²) in [6.07, 6.45) is 2.68. The van der Waals surface area contributed by atoms with E-state index in [0.717, 1.165) is 12.0 Å². The summed E-state index contributed by atoms with van der Waals surface area (Å²) in [5.41, 5.74) is 15.6. The first kappa shape index (κ1) is 14.2. The zero-order valence-corrected chi connectivity index (χ0v) is 11.6. The Labute approximate surface area is 109 Å².